The minimum Gasteiger partial charge on any atom is -0.506 e. The summed E-state index contributed by atoms with van der Waals surface area (Å²) in [6, 6.07) is 13.2. The van der Waals surface area contributed by atoms with Gasteiger partial charge in [-0.15, -0.1) is 0 Å². The Morgan fingerprint density at radius 2 is 1.62 bits per heavy atom. The van der Waals surface area contributed by atoms with Gasteiger partial charge in [-0.05, 0) is 55.5 Å². The van der Waals surface area contributed by atoms with Crippen molar-refractivity contribution < 1.29 is 14.6 Å². The van der Waals surface area contributed by atoms with Crippen LogP contribution >= 0.6 is 23.2 Å². The molecule has 0 aromatic heterocycles. The van der Waals surface area contributed by atoms with Crippen LogP contribution in [0.2, 0.25) is 10.0 Å². The van der Waals surface area contributed by atoms with Crippen molar-refractivity contribution in [1.29, 1.82) is 0 Å². The first kappa shape index (κ1) is 18.0. The van der Waals surface area contributed by atoms with E-state index >= 15 is 0 Å². The summed E-state index contributed by atoms with van der Waals surface area (Å²) in [5.74, 6) is -0.898. The van der Waals surface area contributed by atoms with E-state index in [1.807, 2.05) is 0 Å². The number of hydrogen-bond acceptors (Lipinski definition) is 4. The molecule has 2 rings (SSSR count). The SMILES string of the molecule is CCOC(=O)C(C=Nc1ccc(Cl)cc1)=C(O)c1ccc(Cl)cc1. The maximum Gasteiger partial charge on any atom is 0.343 e. The van der Waals surface area contributed by atoms with Crippen molar-refractivity contribution >= 4 is 46.8 Å². The molecule has 0 heterocycles. The summed E-state index contributed by atoms with van der Waals surface area (Å²) in [4.78, 5) is 16.3. The number of carbonyl (C=O) groups excluding carboxylic acids is 1. The lowest BCUT2D eigenvalue weighted by molar-refractivity contribution is -0.137. The zero-order valence-electron chi connectivity index (χ0n) is 12.9. The smallest absolute Gasteiger partial charge is 0.343 e. The van der Waals surface area contributed by atoms with Gasteiger partial charge in [0.05, 0.1) is 12.3 Å². The van der Waals surface area contributed by atoms with E-state index in [4.69, 9.17) is 27.9 Å². The van der Waals surface area contributed by atoms with Crippen LogP contribution in [0.5, 0.6) is 0 Å². The third kappa shape index (κ3) is 4.85. The van der Waals surface area contributed by atoms with Crippen molar-refractivity contribution in [2.45, 2.75) is 6.92 Å². The van der Waals surface area contributed by atoms with Crippen molar-refractivity contribution in [3.05, 3.63) is 69.7 Å². The molecule has 6 heteroatoms. The molecule has 0 saturated carbocycles. The van der Waals surface area contributed by atoms with Crippen LogP contribution in [0, 0.1) is 0 Å². The largest absolute Gasteiger partial charge is 0.506 e. The molecule has 1 N–H and O–H groups in total. The molecule has 0 fully saturated rings. The van der Waals surface area contributed by atoms with Gasteiger partial charge >= 0.3 is 5.97 Å². The maximum atomic E-state index is 12.1. The number of halogens is 2. The molecule has 0 aliphatic rings. The molecule has 0 bridgehead atoms. The predicted octanol–water partition coefficient (Wildman–Crippen LogP) is 5.23. The number of aliphatic imine (C=N–C) groups is 1. The first-order valence-electron chi connectivity index (χ1n) is 7.17. The number of rotatable bonds is 5. The Bertz CT molecular complexity index is 766. The zero-order valence-corrected chi connectivity index (χ0v) is 14.4. The third-order valence-electron chi connectivity index (χ3n) is 3.04. The molecule has 0 aliphatic carbocycles. The summed E-state index contributed by atoms with van der Waals surface area (Å²) >= 11 is 11.7. The van der Waals surface area contributed by atoms with E-state index in [2.05, 4.69) is 4.99 Å². The number of hydrogen-bond donors (Lipinski definition) is 1. The van der Waals surface area contributed by atoms with Crippen LogP contribution in [-0.4, -0.2) is 23.9 Å². The van der Waals surface area contributed by atoms with E-state index < -0.39 is 5.97 Å². The van der Waals surface area contributed by atoms with Crippen molar-refractivity contribution in [2.75, 3.05) is 6.61 Å². The van der Waals surface area contributed by atoms with E-state index in [1.165, 1.54) is 6.21 Å². The van der Waals surface area contributed by atoms with Crippen molar-refractivity contribution in [1.82, 2.24) is 0 Å². The standard InChI is InChI=1S/C18H15Cl2NO3/c1-2-24-18(23)16(11-21-15-9-7-14(20)8-10-15)17(22)12-3-5-13(19)6-4-12/h3-11,22H,2H2,1H3. The minimum atomic E-state index is -0.664. The first-order chi connectivity index (χ1) is 11.5. The Hall–Kier alpha value is -2.30. The summed E-state index contributed by atoms with van der Waals surface area (Å²) in [5.41, 5.74) is 0.976. The fourth-order valence-corrected chi connectivity index (χ4v) is 2.10. The molecule has 0 amide bonds. The topological polar surface area (TPSA) is 58.9 Å². The lowest BCUT2D eigenvalue weighted by Gasteiger charge is -2.07. The van der Waals surface area contributed by atoms with Crippen molar-refractivity contribution in [3.63, 3.8) is 0 Å². The number of aliphatic hydroxyl groups is 1. The van der Waals surface area contributed by atoms with E-state index in [1.54, 1.807) is 55.5 Å². The molecule has 2 aromatic carbocycles. The summed E-state index contributed by atoms with van der Waals surface area (Å²) < 4.78 is 4.98. The van der Waals surface area contributed by atoms with Gasteiger partial charge in [-0.1, -0.05) is 23.2 Å². The van der Waals surface area contributed by atoms with E-state index in [0.29, 0.717) is 21.3 Å². The zero-order chi connectivity index (χ0) is 17.5. The second-order valence-electron chi connectivity index (χ2n) is 4.72. The van der Waals surface area contributed by atoms with Crippen LogP contribution in [0.4, 0.5) is 5.69 Å². The molecule has 0 unspecified atom stereocenters. The van der Waals surface area contributed by atoms with Gasteiger partial charge < -0.3 is 9.84 Å². The van der Waals surface area contributed by atoms with Crippen LogP contribution in [0.3, 0.4) is 0 Å². The highest BCUT2D eigenvalue weighted by Gasteiger charge is 2.16. The Kier molecular flexibility index (Phi) is 6.41. The molecule has 0 aliphatic heterocycles. The van der Waals surface area contributed by atoms with Gasteiger partial charge in [0.1, 0.15) is 11.3 Å². The van der Waals surface area contributed by atoms with Crippen LogP contribution in [0.25, 0.3) is 5.76 Å². The third-order valence-corrected chi connectivity index (χ3v) is 3.54. The Morgan fingerprint density at radius 3 is 2.17 bits per heavy atom. The van der Waals surface area contributed by atoms with Crippen LogP contribution < -0.4 is 0 Å². The van der Waals surface area contributed by atoms with E-state index in [9.17, 15) is 9.90 Å². The highest BCUT2D eigenvalue weighted by Crippen LogP contribution is 2.21. The Labute approximate surface area is 150 Å². The molecule has 0 saturated heterocycles. The van der Waals surface area contributed by atoms with Gasteiger partial charge in [-0.25, -0.2) is 4.79 Å². The number of carbonyl (C=O) groups is 1. The highest BCUT2D eigenvalue weighted by atomic mass is 35.5. The highest BCUT2D eigenvalue weighted by molar-refractivity contribution is 6.31. The second-order valence-corrected chi connectivity index (χ2v) is 5.60. The molecular weight excluding hydrogens is 349 g/mol. The second kappa shape index (κ2) is 8.52. The maximum absolute atomic E-state index is 12.1. The predicted molar refractivity (Wildman–Crippen MR) is 97.2 cm³/mol. The number of esters is 1. The van der Waals surface area contributed by atoms with Crippen LogP contribution in [0.1, 0.15) is 12.5 Å². The summed E-state index contributed by atoms with van der Waals surface area (Å²) in [7, 11) is 0. The summed E-state index contributed by atoms with van der Waals surface area (Å²) in [5, 5.41) is 11.5. The molecule has 2 aromatic rings. The van der Waals surface area contributed by atoms with Crippen molar-refractivity contribution in [3.8, 4) is 0 Å². The lowest BCUT2D eigenvalue weighted by Crippen LogP contribution is -2.11. The Balaban J connectivity index is 2.40. The Morgan fingerprint density at radius 1 is 1.08 bits per heavy atom. The average molecular weight is 364 g/mol. The van der Waals surface area contributed by atoms with Gasteiger partial charge in [0.15, 0.2) is 0 Å². The fraction of sp³-hybridized carbons (Fsp3) is 0.111. The normalized spacial score (nSPS) is 12.1. The average Bonchev–Trinajstić information content (AvgIpc) is 2.57. The fourth-order valence-electron chi connectivity index (χ4n) is 1.85. The van der Waals surface area contributed by atoms with Gasteiger partial charge in [0.2, 0.25) is 0 Å². The van der Waals surface area contributed by atoms with E-state index in [0.717, 1.165) is 0 Å². The number of ether oxygens (including phenoxy) is 1. The number of benzene rings is 2. The van der Waals surface area contributed by atoms with Crippen LogP contribution in [-0.2, 0) is 9.53 Å². The molecule has 0 radical (unpaired) electrons. The van der Waals surface area contributed by atoms with Gasteiger partial charge in [-0.3, -0.25) is 4.99 Å². The van der Waals surface area contributed by atoms with Crippen molar-refractivity contribution in [2.24, 2.45) is 4.99 Å². The monoisotopic (exact) mass is 363 g/mol. The van der Waals surface area contributed by atoms with Crippen LogP contribution in [0.15, 0.2) is 59.1 Å². The molecule has 0 spiro atoms. The molecule has 24 heavy (non-hydrogen) atoms. The molecule has 4 nitrogen and oxygen atoms in total. The summed E-state index contributed by atoms with van der Waals surface area (Å²) in [6.45, 7) is 1.87. The number of aliphatic hydroxyl groups excluding tert-OH is 1. The minimum absolute atomic E-state index is 0.0471. The molecular formula is C18H15Cl2NO3. The quantitative estimate of drug-likeness (QED) is 0.342. The van der Waals surface area contributed by atoms with Gasteiger partial charge in [0.25, 0.3) is 0 Å². The van der Waals surface area contributed by atoms with Gasteiger partial charge in [0, 0.05) is 21.8 Å². The summed E-state index contributed by atoms with van der Waals surface area (Å²) in [6.07, 6.45) is 1.27. The molecule has 124 valence electrons. The molecule has 0 atom stereocenters. The van der Waals surface area contributed by atoms with E-state index in [-0.39, 0.29) is 17.9 Å². The lowest BCUT2D eigenvalue weighted by atomic mass is 10.1. The van der Waals surface area contributed by atoms with Gasteiger partial charge in [-0.2, -0.15) is 0 Å². The first-order valence-corrected chi connectivity index (χ1v) is 7.92. The number of nitrogens with zero attached hydrogens (tertiary/aromatic N) is 1.